The van der Waals surface area contributed by atoms with Crippen molar-refractivity contribution in [1.82, 2.24) is 9.97 Å². The molecule has 0 aliphatic heterocycles. The van der Waals surface area contributed by atoms with Crippen LogP contribution in [-0.4, -0.2) is 9.97 Å². The zero-order valence-corrected chi connectivity index (χ0v) is 10.9. The van der Waals surface area contributed by atoms with E-state index in [0.717, 1.165) is 21.9 Å². The molecule has 0 saturated heterocycles. The lowest BCUT2D eigenvalue weighted by Crippen LogP contribution is -1.86. The first-order valence-corrected chi connectivity index (χ1v) is 6.89. The van der Waals surface area contributed by atoms with Crippen LogP contribution in [0.25, 0.3) is 10.9 Å². The maximum atomic E-state index is 8.82. The maximum absolute atomic E-state index is 8.82. The molecule has 4 heteroatoms. The molecule has 0 aliphatic rings. The Morgan fingerprint density at radius 3 is 2.95 bits per heavy atom. The monoisotopic (exact) mass is 265 g/mol. The second-order valence-electron chi connectivity index (χ2n) is 4.17. The summed E-state index contributed by atoms with van der Waals surface area (Å²) in [4.78, 5) is 7.35. The van der Waals surface area contributed by atoms with E-state index in [0.29, 0.717) is 5.69 Å². The van der Waals surface area contributed by atoms with Crippen LogP contribution in [0.3, 0.4) is 0 Å². The van der Waals surface area contributed by atoms with Crippen LogP contribution in [-0.2, 0) is 5.75 Å². The number of thioether (sulfide) groups is 1. The van der Waals surface area contributed by atoms with Gasteiger partial charge in [0.15, 0.2) is 0 Å². The minimum absolute atomic E-state index is 0.467. The second kappa shape index (κ2) is 5.17. The minimum Gasteiger partial charge on any atom is -0.350 e. The van der Waals surface area contributed by atoms with E-state index < -0.39 is 0 Å². The van der Waals surface area contributed by atoms with E-state index in [9.17, 15) is 0 Å². The van der Waals surface area contributed by atoms with Crippen molar-refractivity contribution in [1.29, 1.82) is 5.26 Å². The molecule has 0 fully saturated rings. The average Bonchev–Trinajstić information content (AvgIpc) is 2.88. The van der Waals surface area contributed by atoms with Crippen LogP contribution in [0.15, 0.2) is 53.7 Å². The van der Waals surface area contributed by atoms with Gasteiger partial charge in [-0.05, 0) is 29.8 Å². The summed E-state index contributed by atoms with van der Waals surface area (Å²) in [5, 5.41) is 11.2. The van der Waals surface area contributed by atoms with Gasteiger partial charge in [0, 0.05) is 22.9 Å². The SMILES string of the molecule is N#Cc1cc(CSc2cc3ccccc3[nH]2)ccn1. The zero-order chi connectivity index (χ0) is 13.1. The first kappa shape index (κ1) is 11.8. The maximum Gasteiger partial charge on any atom is 0.140 e. The number of nitrogens with one attached hydrogen (secondary N) is 1. The molecule has 0 saturated carbocycles. The van der Waals surface area contributed by atoms with Gasteiger partial charge in [-0.2, -0.15) is 5.26 Å². The fraction of sp³-hybridized carbons (Fsp3) is 0.0667. The van der Waals surface area contributed by atoms with E-state index in [1.165, 1.54) is 5.39 Å². The van der Waals surface area contributed by atoms with Crippen LogP contribution < -0.4 is 0 Å². The van der Waals surface area contributed by atoms with Gasteiger partial charge in [0.05, 0.1) is 5.03 Å². The summed E-state index contributed by atoms with van der Waals surface area (Å²) in [5.41, 5.74) is 2.72. The molecule has 0 amide bonds. The van der Waals surface area contributed by atoms with Crippen LogP contribution in [0.2, 0.25) is 0 Å². The second-order valence-corrected chi connectivity index (χ2v) is 5.19. The van der Waals surface area contributed by atoms with Crippen LogP contribution in [0.4, 0.5) is 0 Å². The third-order valence-corrected chi connectivity index (χ3v) is 3.85. The number of aromatic amines is 1. The molecular weight excluding hydrogens is 254 g/mol. The van der Waals surface area contributed by atoms with Gasteiger partial charge in [-0.25, -0.2) is 4.98 Å². The number of nitrogens with zero attached hydrogens (tertiary/aromatic N) is 2. The standard InChI is InChI=1S/C15H11N3S/c16-9-13-7-11(5-6-17-13)10-19-15-8-12-3-1-2-4-14(12)18-15/h1-8,18H,10H2. The number of aromatic nitrogens is 2. The van der Waals surface area contributed by atoms with Crippen molar-refractivity contribution >= 4 is 22.7 Å². The highest BCUT2D eigenvalue weighted by molar-refractivity contribution is 7.98. The Morgan fingerprint density at radius 1 is 1.21 bits per heavy atom. The minimum atomic E-state index is 0.467. The highest BCUT2D eigenvalue weighted by Crippen LogP contribution is 2.26. The summed E-state index contributed by atoms with van der Waals surface area (Å²) in [6.07, 6.45) is 1.68. The van der Waals surface area contributed by atoms with Crippen LogP contribution in [0.1, 0.15) is 11.3 Å². The van der Waals surface area contributed by atoms with Gasteiger partial charge in [-0.3, -0.25) is 0 Å². The molecule has 0 unspecified atom stereocenters. The molecule has 2 aromatic heterocycles. The third-order valence-electron chi connectivity index (χ3n) is 2.84. The number of benzene rings is 1. The van der Waals surface area contributed by atoms with Crippen LogP contribution >= 0.6 is 11.8 Å². The molecular formula is C15H11N3S. The summed E-state index contributed by atoms with van der Waals surface area (Å²) in [7, 11) is 0. The zero-order valence-electron chi connectivity index (χ0n) is 10.1. The van der Waals surface area contributed by atoms with E-state index in [4.69, 9.17) is 5.26 Å². The van der Waals surface area contributed by atoms with Gasteiger partial charge < -0.3 is 4.98 Å². The largest absolute Gasteiger partial charge is 0.350 e. The summed E-state index contributed by atoms with van der Waals surface area (Å²) in [6.45, 7) is 0. The van der Waals surface area contributed by atoms with Crippen LogP contribution in [0, 0.1) is 11.3 Å². The lowest BCUT2D eigenvalue weighted by atomic mass is 10.2. The fourth-order valence-corrected chi connectivity index (χ4v) is 2.80. The lowest BCUT2D eigenvalue weighted by Gasteiger charge is -1.99. The lowest BCUT2D eigenvalue weighted by molar-refractivity contribution is 1.20. The molecule has 1 N–H and O–H groups in total. The smallest absolute Gasteiger partial charge is 0.140 e. The number of hydrogen-bond donors (Lipinski definition) is 1. The Hall–Kier alpha value is -2.25. The normalized spacial score (nSPS) is 10.5. The predicted molar refractivity (Wildman–Crippen MR) is 76.8 cm³/mol. The van der Waals surface area contributed by atoms with Crippen molar-refractivity contribution in [2.75, 3.05) is 0 Å². The third kappa shape index (κ3) is 2.61. The van der Waals surface area contributed by atoms with Crippen molar-refractivity contribution in [3.63, 3.8) is 0 Å². The highest BCUT2D eigenvalue weighted by Gasteiger charge is 2.02. The summed E-state index contributed by atoms with van der Waals surface area (Å²) in [6, 6.07) is 16.2. The first-order valence-electron chi connectivity index (χ1n) is 5.91. The fourth-order valence-electron chi connectivity index (χ4n) is 1.91. The summed E-state index contributed by atoms with van der Waals surface area (Å²) < 4.78 is 0. The quantitative estimate of drug-likeness (QED) is 0.734. The molecule has 92 valence electrons. The molecule has 0 radical (unpaired) electrons. The van der Waals surface area contributed by atoms with Crippen molar-refractivity contribution in [2.45, 2.75) is 10.8 Å². The Bertz CT molecular complexity index is 722. The number of H-pyrrole nitrogens is 1. The van der Waals surface area contributed by atoms with Crippen molar-refractivity contribution in [3.8, 4) is 6.07 Å². The van der Waals surface area contributed by atoms with Crippen molar-refractivity contribution in [2.24, 2.45) is 0 Å². The van der Waals surface area contributed by atoms with Gasteiger partial charge in [0.25, 0.3) is 0 Å². The van der Waals surface area contributed by atoms with Gasteiger partial charge in [-0.15, -0.1) is 11.8 Å². The van der Waals surface area contributed by atoms with E-state index in [-0.39, 0.29) is 0 Å². The van der Waals surface area contributed by atoms with E-state index in [2.05, 4.69) is 34.2 Å². The number of hydrogen-bond acceptors (Lipinski definition) is 3. The summed E-state index contributed by atoms with van der Waals surface area (Å²) in [5.74, 6) is 0.823. The van der Waals surface area contributed by atoms with Crippen molar-refractivity contribution in [3.05, 3.63) is 59.9 Å². The van der Waals surface area contributed by atoms with Gasteiger partial charge in [-0.1, -0.05) is 18.2 Å². The Balaban J connectivity index is 1.76. The topological polar surface area (TPSA) is 52.5 Å². The van der Waals surface area contributed by atoms with Gasteiger partial charge >= 0.3 is 0 Å². The molecule has 2 heterocycles. The summed E-state index contributed by atoms with van der Waals surface area (Å²) >= 11 is 1.73. The molecule has 0 spiro atoms. The van der Waals surface area contributed by atoms with Gasteiger partial charge in [0.2, 0.25) is 0 Å². The number of pyridine rings is 1. The van der Waals surface area contributed by atoms with E-state index in [1.807, 2.05) is 24.3 Å². The van der Waals surface area contributed by atoms with Gasteiger partial charge in [0.1, 0.15) is 11.8 Å². The van der Waals surface area contributed by atoms with Crippen molar-refractivity contribution < 1.29 is 0 Å². The Labute approximate surface area is 115 Å². The molecule has 1 aromatic carbocycles. The average molecular weight is 265 g/mol. The highest BCUT2D eigenvalue weighted by atomic mass is 32.2. The van der Waals surface area contributed by atoms with E-state index >= 15 is 0 Å². The number of fused-ring (bicyclic) bond motifs is 1. The predicted octanol–water partition coefficient (Wildman–Crippen LogP) is 3.73. The molecule has 0 atom stereocenters. The molecule has 19 heavy (non-hydrogen) atoms. The number of para-hydroxylation sites is 1. The molecule has 3 nitrogen and oxygen atoms in total. The molecule has 0 aliphatic carbocycles. The number of nitriles is 1. The molecule has 3 aromatic rings. The van der Waals surface area contributed by atoms with E-state index in [1.54, 1.807) is 18.0 Å². The first-order chi connectivity index (χ1) is 9.35. The molecule has 3 rings (SSSR count). The number of rotatable bonds is 3. The Morgan fingerprint density at radius 2 is 2.11 bits per heavy atom. The van der Waals surface area contributed by atoms with Crippen LogP contribution in [0.5, 0.6) is 0 Å². The Kier molecular flexibility index (Phi) is 3.21. The molecule has 0 bridgehead atoms.